The number of hydrogen-bond acceptors (Lipinski definition) is 4. The second kappa shape index (κ2) is 13.3. The molecular weight excluding hydrogens is 498 g/mol. The van der Waals surface area contributed by atoms with Crippen LogP contribution in [0.15, 0.2) is 42.5 Å². The SMILES string of the molecule is CC[C@H](C(=O)NC1CCCC1)N(Cc1cccc(C)c1)C(=O)CCCN(c1cccc(C)c1C)S(C)(=O)=O. The van der Waals surface area contributed by atoms with Crippen LogP contribution < -0.4 is 9.62 Å². The normalized spacial score (nSPS) is 14.8. The molecule has 0 spiro atoms. The Bertz CT molecular complexity index is 1220. The van der Waals surface area contributed by atoms with Crippen LogP contribution in [0.5, 0.6) is 0 Å². The van der Waals surface area contributed by atoms with E-state index in [1.807, 2.05) is 64.1 Å². The quantitative estimate of drug-likeness (QED) is 0.409. The summed E-state index contributed by atoms with van der Waals surface area (Å²) >= 11 is 0. The van der Waals surface area contributed by atoms with Gasteiger partial charge in [0.1, 0.15) is 6.04 Å². The van der Waals surface area contributed by atoms with Crippen LogP contribution in [0.4, 0.5) is 5.69 Å². The molecule has 8 heteroatoms. The summed E-state index contributed by atoms with van der Waals surface area (Å²) in [6.45, 7) is 8.33. The van der Waals surface area contributed by atoms with E-state index in [-0.39, 0.29) is 30.8 Å². The van der Waals surface area contributed by atoms with Gasteiger partial charge in [0.05, 0.1) is 11.9 Å². The largest absolute Gasteiger partial charge is 0.352 e. The van der Waals surface area contributed by atoms with E-state index in [1.54, 1.807) is 11.0 Å². The van der Waals surface area contributed by atoms with Crippen molar-refractivity contribution in [2.45, 2.75) is 91.3 Å². The fourth-order valence-electron chi connectivity index (χ4n) is 5.28. The molecule has 1 aliphatic carbocycles. The average Bonchev–Trinajstić information content (AvgIpc) is 3.36. The third-order valence-electron chi connectivity index (χ3n) is 7.52. The number of nitrogens with zero attached hydrogens (tertiary/aromatic N) is 2. The predicted octanol–water partition coefficient (Wildman–Crippen LogP) is 5.02. The Morgan fingerprint density at radius 1 is 1.05 bits per heavy atom. The molecule has 7 nitrogen and oxygen atoms in total. The standard InChI is InChI=1S/C30H43N3O4S/c1-6-27(30(35)31-26-15-7-8-16-26)32(21-25-14-9-12-22(2)20-25)29(34)18-11-19-33(38(5,36)37)28-17-10-13-23(3)24(28)4/h9-10,12-14,17,20,26-27H,6-8,11,15-16,18-19,21H2,1-5H3,(H,31,35)/t27-/m1/s1. The minimum absolute atomic E-state index is 0.103. The summed E-state index contributed by atoms with van der Waals surface area (Å²) in [6.07, 6.45) is 6.40. The Labute approximate surface area is 228 Å². The van der Waals surface area contributed by atoms with Crippen molar-refractivity contribution in [2.75, 3.05) is 17.1 Å². The summed E-state index contributed by atoms with van der Waals surface area (Å²) in [5, 5.41) is 3.17. The summed E-state index contributed by atoms with van der Waals surface area (Å²) in [6, 6.07) is 13.2. The Morgan fingerprint density at radius 3 is 2.37 bits per heavy atom. The molecule has 1 N–H and O–H groups in total. The van der Waals surface area contributed by atoms with Gasteiger partial charge in [-0.2, -0.15) is 0 Å². The molecule has 0 aliphatic heterocycles. The van der Waals surface area contributed by atoms with E-state index in [0.717, 1.165) is 47.9 Å². The highest BCUT2D eigenvalue weighted by atomic mass is 32.2. The molecule has 0 heterocycles. The van der Waals surface area contributed by atoms with E-state index in [1.165, 1.54) is 10.6 Å². The van der Waals surface area contributed by atoms with Crippen molar-refractivity contribution in [3.8, 4) is 0 Å². The van der Waals surface area contributed by atoms with Gasteiger partial charge in [0, 0.05) is 25.6 Å². The van der Waals surface area contributed by atoms with Gasteiger partial charge in [-0.15, -0.1) is 0 Å². The van der Waals surface area contributed by atoms with E-state index in [4.69, 9.17) is 0 Å². The molecule has 1 aliphatic rings. The van der Waals surface area contributed by atoms with Gasteiger partial charge in [0.2, 0.25) is 21.8 Å². The Hall–Kier alpha value is -2.87. The van der Waals surface area contributed by atoms with Crippen LogP contribution in [0.2, 0.25) is 0 Å². The smallest absolute Gasteiger partial charge is 0.243 e. The van der Waals surface area contributed by atoms with Crippen LogP contribution in [0.1, 0.15) is 74.1 Å². The monoisotopic (exact) mass is 541 g/mol. The van der Waals surface area contributed by atoms with E-state index in [9.17, 15) is 18.0 Å². The Morgan fingerprint density at radius 2 is 1.74 bits per heavy atom. The first-order valence-electron chi connectivity index (χ1n) is 13.7. The van der Waals surface area contributed by atoms with Crippen LogP contribution in [-0.4, -0.2) is 50.0 Å². The molecule has 0 unspecified atom stereocenters. The lowest BCUT2D eigenvalue weighted by molar-refractivity contribution is -0.141. The predicted molar refractivity (Wildman–Crippen MR) is 154 cm³/mol. The molecule has 2 aromatic carbocycles. The van der Waals surface area contributed by atoms with Crippen LogP contribution in [-0.2, 0) is 26.2 Å². The maximum absolute atomic E-state index is 13.6. The minimum Gasteiger partial charge on any atom is -0.352 e. The van der Waals surface area contributed by atoms with E-state index in [2.05, 4.69) is 5.32 Å². The molecule has 0 saturated heterocycles. The summed E-state index contributed by atoms with van der Waals surface area (Å²) in [7, 11) is -3.53. The van der Waals surface area contributed by atoms with Crippen LogP contribution in [0.25, 0.3) is 0 Å². The lowest BCUT2D eigenvalue weighted by Gasteiger charge is -2.32. The van der Waals surface area contributed by atoms with Gasteiger partial charge >= 0.3 is 0 Å². The highest BCUT2D eigenvalue weighted by Gasteiger charge is 2.31. The zero-order chi connectivity index (χ0) is 27.9. The number of aryl methyl sites for hydroxylation is 2. The van der Waals surface area contributed by atoms with Crippen molar-refractivity contribution in [2.24, 2.45) is 0 Å². The molecular formula is C30H43N3O4S. The van der Waals surface area contributed by atoms with Gasteiger partial charge in [-0.3, -0.25) is 13.9 Å². The Kier molecular flexibility index (Phi) is 10.4. The van der Waals surface area contributed by atoms with Crippen molar-refractivity contribution in [3.05, 3.63) is 64.7 Å². The zero-order valence-electron chi connectivity index (χ0n) is 23.5. The highest BCUT2D eigenvalue weighted by Crippen LogP contribution is 2.26. The third-order valence-corrected chi connectivity index (χ3v) is 8.70. The molecule has 3 rings (SSSR count). The van der Waals surface area contributed by atoms with Gasteiger partial charge in [0.15, 0.2) is 0 Å². The van der Waals surface area contributed by atoms with Crippen molar-refractivity contribution >= 4 is 27.5 Å². The number of rotatable bonds is 12. The molecule has 208 valence electrons. The maximum Gasteiger partial charge on any atom is 0.243 e. The first-order valence-corrected chi connectivity index (χ1v) is 15.6. The van der Waals surface area contributed by atoms with Gasteiger partial charge in [0.25, 0.3) is 0 Å². The highest BCUT2D eigenvalue weighted by molar-refractivity contribution is 7.92. The Balaban J connectivity index is 1.78. The molecule has 0 aromatic heterocycles. The number of amides is 2. The summed E-state index contributed by atoms with van der Waals surface area (Å²) in [5.74, 6) is -0.247. The topological polar surface area (TPSA) is 86.8 Å². The van der Waals surface area contributed by atoms with Gasteiger partial charge in [-0.1, -0.05) is 61.7 Å². The molecule has 1 atom stereocenters. The van der Waals surface area contributed by atoms with Crippen molar-refractivity contribution in [1.82, 2.24) is 10.2 Å². The van der Waals surface area contributed by atoms with Crippen molar-refractivity contribution in [3.63, 3.8) is 0 Å². The molecule has 1 saturated carbocycles. The first-order chi connectivity index (χ1) is 18.0. The third kappa shape index (κ3) is 7.82. The maximum atomic E-state index is 13.6. The summed E-state index contributed by atoms with van der Waals surface area (Å²) in [4.78, 5) is 28.6. The molecule has 0 radical (unpaired) electrons. The lowest BCUT2D eigenvalue weighted by Crippen LogP contribution is -2.51. The van der Waals surface area contributed by atoms with Crippen molar-refractivity contribution in [1.29, 1.82) is 0 Å². The second-order valence-corrected chi connectivity index (χ2v) is 12.5. The van der Waals surface area contributed by atoms with Gasteiger partial charge < -0.3 is 10.2 Å². The molecule has 0 bridgehead atoms. The lowest BCUT2D eigenvalue weighted by atomic mass is 10.1. The molecule has 1 fully saturated rings. The molecule has 2 amide bonds. The minimum atomic E-state index is -3.53. The number of nitrogens with one attached hydrogen (secondary N) is 1. The van der Waals surface area contributed by atoms with Crippen LogP contribution in [0, 0.1) is 20.8 Å². The van der Waals surface area contributed by atoms with Crippen molar-refractivity contribution < 1.29 is 18.0 Å². The molecule has 2 aromatic rings. The van der Waals surface area contributed by atoms with E-state index < -0.39 is 16.1 Å². The van der Waals surface area contributed by atoms with Gasteiger partial charge in [-0.25, -0.2) is 8.42 Å². The fraction of sp³-hybridized carbons (Fsp3) is 0.533. The van der Waals surface area contributed by atoms with E-state index >= 15 is 0 Å². The second-order valence-electron chi connectivity index (χ2n) is 10.6. The number of benzene rings is 2. The summed E-state index contributed by atoms with van der Waals surface area (Å²) in [5.41, 5.74) is 4.61. The molecule has 38 heavy (non-hydrogen) atoms. The number of sulfonamides is 1. The average molecular weight is 542 g/mol. The number of carbonyl (C=O) groups excluding carboxylic acids is 2. The number of anilines is 1. The fourth-order valence-corrected chi connectivity index (χ4v) is 6.30. The number of carbonyl (C=O) groups is 2. The van der Waals surface area contributed by atoms with Crippen LogP contribution in [0.3, 0.4) is 0 Å². The number of hydrogen-bond donors (Lipinski definition) is 1. The van der Waals surface area contributed by atoms with Crippen LogP contribution >= 0.6 is 0 Å². The van der Waals surface area contributed by atoms with Gasteiger partial charge in [-0.05, 0) is 69.2 Å². The summed E-state index contributed by atoms with van der Waals surface area (Å²) < 4.78 is 26.7. The zero-order valence-corrected chi connectivity index (χ0v) is 24.3. The van der Waals surface area contributed by atoms with E-state index in [0.29, 0.717) is 25.1 Å². The first kappa shape index (κ1) is 29.7.